The molecular formula is C22H23BrN2O8S2. The van der Waals surface area contributed by atoms with E-state index in [1.807, 2.05) is 0 Å². The van der Waals surface area contributed by atoms with Crippen molar-refractivity contribution in [3.8, 4) is 0 Å². The van der Waals surface area contributed by atoms with Gasteiger partial charge in [0.2, 0.25) is 5.91 Å². The Balaban J connectivity index is 1.83. The molecule has 1 aromatic rings. The summed E-state index contributed by atoms with van der Waals surface area (Å²) < 4.78 is 16.5. The van der Waals surface area contributed by atoms with E-state index in [9.17, 15) is 24.0 Å². The minimum absolute atomic E-state index is 0.121. The van der Waals surface area contributed by atoms with E-state index in [4.69, 9.17) is 14.2 Å². The molecule has 2 amide bonds. The topological polar surface area (TPSA) is 128 Å². The fourth-order valence-electron chi connectivity index (χ4n) is 3.52. The molecule has 0 spiro atoms. The fraction of sp³-hybridized carbons (Fsp3) is 0.409. The number of thioether (sulfide) groups is 2. The third-order valence-corrected chi connectivity index (χ3v) is 7.63. The van der Waals surface area contributed by atoms with Gasteiger partial charge in [-0.05, 0) is 18.4 Å². The fourth-order valence-corrected chi connectivity index (χ4v) is 5.54. The van der Waals surface area contributed by atoms with Crippen LogP contribution in [-0.2, 0) is 33.4 Å². The van der Waals surface area contributed by atoms with Gasteiger partial charge in [0.1, 0.15) is 17.7 Å². The first-order valence-electron chi connectivity index (χ1n) is 10.3. The van der Waals surface area contributed by atoms with Gasteiger partial charge in [-0.25, -0.2) is 4.79 Å². The van der Waals surface area contributed by atoms with Crippen LogP contribution in [0.5, 0.6) is 0 Å². The van der Waals surface area contributed by atoms with E-state index >= 15 is 0 Å². The summed E-state index contributed by atoms with van der Waals surface area (Å²) in [7, 11) is 1.29. The summed E-state index contributed by atoms with van der Waals surface area (Å²) in [5.41, 5.74) is -1.09. The molecule has 1 aromatic carbocycles. The van der Waals surface area contributed by atoms with E-state index in [0.717, 1.165) is 9.37 Å². The number of benzene rings is 1. The quantitative estimate of drug-likeness (QED) is 0.187. The average molecular weight is 587 g/mol. The molecule has 35 heavy (non-hydrogen) atoms. The Morgan fingerprint density at radius 3 is 2.51 bits per heavy atom. The van der Waals surface area contributed by atoms with Crippen LogP contribution >= 0.6 is 39.5 Å². The highest BCUT2D eigenvalue weighted by Gasteiger charge is 2.66. The molecular weight excluding hydrogens is 564 g/mol. The Morgan fingerprint density at radius 1 is 1.23 bits per heavy atom. The molecule has 0 radical (unpaired) electrons. The Kier molecular flexibility index (Phi) is 9.02. The van der Waals surface area contributed by atoms with Crippen molar-refractivity contribution in [3.63, 3.8) is 0 Å². The van der Waals surface area contributed by atoms with Crippen LogP contribution in [0, 0.1) is 0 Å². The van der Waals surface area contributed by atoms with Crippen molar-refractivity contribution < 1.29 is 38.2 Å². The molecule has 1 fully saturated rings. The molecule has 0 saturated carbocycles. The number of halogens is 1. The second-order valence-corrected chi connectivity index (χ2v) is 10.3. The number of amides is 2. The maximum Gasteiger partial charge on any atom is 0.355 e. The number of rotatable bonds is 10. The molecule has 2 atom stereocenters. The van der Waals surface area contributed by atoms with Gasteiger partial charge in [0.15, 0.2) is 12.4 Å². The SMILES string of the molecule is CO[C@@]1(NC(=O)CSC)C(=O)N2C(C(=O)OCC(=O)c3ccc(Br)cc3)=C(COC(C)=O)CS[C@H]21. The molecule has 3 rings (SSSR count). The van der Waals surface area contributed by atoms with Gasteiger partial charge in [0.05, 0.1) is 5.75 Å². The van der Waals surface area contributed by atoms with Gasteiger partial charge in [-0.1, -0.05) is 28.1 Å². The molecule has 13 heteroatoms. The number of ether oxygens (including phenoxy) is 3. The molecule has 0 bridgehead atoms. The number of carbonyl (C=O) groups is 5. The van der Waals surface area contributed by atoms with Crippen molar-refractivity contribution >= 4 is 69.0 Å². The van der Waals surface area contributed by atoms with Crippen LogP contribution in [-0.4, -0.2) is 83.6 Å². The first kappa shape index (κ1) is 27.2. The number of Topliss-reactive ketones (excluding diaryl/α,β-unsaturated/α-hetero) is 1. The van der Waals surface area contributed by atoms with E-state index in [-0.39, 0.29) is 23.8 Å². The molecule has 2 aliphatic rings. The van der Waals surface area contributed by atoms with Crippen molar-refractivity contribution in [1.29, 1.82) is 0 Å². The zero-order chi connectivity index (χ0) is 25.8. The highest BCUT2D eigenvalue weighted by atomic mass is 79.9. The molecule has 0 aromatic heterocycles. The second-order valence-electron chi connectivity index (χ2n) is 7.50. The largest absolute Gasteiger partial charge is 0.461 e. The second kappa shape index (κ2) is 11.6. The third kappa shape index (κ3) is 5.74. The Hall–Kier alpha value is -2.35. The van der Waals surface area contributed by atoms with Gasteiger partial charge in [0, 0.05) is 35.4 Å². The maximum absolute atomic E-state index is 13.2. The molecule has 0 unspecified atom stereocenters. The van der Waals surface area contributed by atoms with E-state index < -0.39 is 47.2 Å². The lowest BCUT2D eigenvalue weighted by Crippen LogP contribution is -2.80. The number of β-lactam (4-membered cyclic amide) rings is 1. The Bertz CT molecular complexity index is 1080. The number of fused-ring (bicyclic) bond motifs is 1. The normalized spacial score (nSPS) is 21.1. The number of nitrogens with zero attached hydrogens (tertiary/aromatic N) is 1. The number of methoxy groups -OCH3 is 1. The van der Waals surface area contributed by atoms with Crippen LogP contribution in [0.4, 0.5) is 0 Å². The lowest BCUT2D eigenvalue weighted by Gasteiger charge is -2.55. The van der Waals surface area contributed by atoms with Crippen molar-refractivity contribution in [2.75, 3.05) is 38.1 Å². The molecule has 0 aliphatic carbocycles. The van der Waals surface area contributed by atoms with Crippen molar-refractivity contribution in [2.24, 2.45) is 0 Å². The van der Waals surface area contributed by atoms with Gasteiger partial charge in [-0.2, -0.15) is 11.8 Å². The monoisotopic (exact) mass is 586 g/mol. The van der Waals surface area contributed by atoms with Gasteiger partial charge in [-0.3, -0.25) is 24.1 Å². The summed E-state index contributed by atoms with van der Waals surface area (Å²) >= 11 is 5.81. The van der Waals surface area contributed by atoms with Gasteiger partial charge >= 0.3 is 11.9 Å². The summed E-state index contributed by atoms with van der Waals surface area (Å²) in [5.74, 6) is -2.65. The van der Waals surface area contributed by atoms with Crippen LogP contribution in [0.1, 0.15) is 17.3 Å². The first-order valence-corrected chi connectivity index (χ1v) is 13.5. The third-order valence-electron chi connectivity index (χ3n) is 5.18. The molecule has 1 N–H and O–H groups in total. The molecule has 10 nitrogen and oxygen atoms in total. The van der Waals surface area contributed by atoms with Crippen LogP contribution in [0.2, 0.25) is 0 Å². The molecule has 2 heterocycles. The van der Waals surface area contributed by atoms with Crippen LogP contribution < -0.4 is 5.32 Å². The first-order chi connectivity index (χ1) is 16.6. The number of hydrogen-bond donors (Lipinski definition) is 1. The number of carbonyl (C=O) groups excluding carboxylic acids is 5. The van der Waals surface area contributed by atoms with Gasteiger partial charge in [0.25, 0.3) is 11.6 Å². The zero-order valence-corrected chi connectivity index (χ0v) is 22.3. The number of nitrogens with one attached hydrogen (secondary N) is 1. The van der Waals surface area contributed by atoms with Gasteiger partial charge < -0.3 is 19.5 Å². The zero-order valence-electron chi connectivity index (χ0n) is 19.1. The lowest BCUT2D eigenvalue weighted by molar-refractivity contribution is -0.192. The minimum Gasteiger partial charge on any atom is -0.461 e. The smallest absolute Gasteiger partial charge is 0.355 e. The molecule has 1 saturated heterocycles. The van der Waals surface area contributed by atoms with Crippen molar-refractivity contribution in [2.45, 2.75) is 18.0 Å². The molecule has 188 valence electrons. The summed E-state index contributed by atoms with van der Waals surface area (Å²) in [6, 6.07) is 6.54. The molecule has 2 aliphatic heterocycles. The number of hydrogen-bond acceptors (Lipinski definition) is 10. The van der Waals surface area contributed by atoms with Crippen LogP contribution in [0.15, 0.2) is 40.0 Å². The summed E-state index contributed by atoms with van der Waals surface area (Å²) in [4.78, 5) is 63.5. The van der Waals surface area contributed by atoms with Crippen molar-refractivity contribution in [3.05, 3.63) is 45.6 Å². The number of ketones is 1. The summed E-state index contributed by atoms with van der Waals surface area (Å²) in [5, 5.41) is 1.87. The van der Waals surface area contributed by atoms with Crippen LogP contribution in [0.25, 0.3) is 0 Å². The predicted octanol–water partition coefficient (Wildman–Crippen LogP) is 1.73. The average Bonchev–Trinajstić information content (AvgIpc) is 2.84. The highest BCUT2D eigenvalue weighted by Crippen LogP contribution is 2.46. The maximum atomic E-state index is 13.2. The lowest BCUT2D eigenvalue weighted by atomic mass is 9.98. The van der Waals surface area contributed by atoms with E-state index in [1.54, 1.807) is 30.5 Å². The van der Waals surface area contributed by atoms with Crippen LogP contribution in [0.3, 0.4) is 0 Å². The predicted molar refractivity (Wildman–Crippen MR) is 132 cm³/mol. The Labute approximate surface area is 218 Å². The summed E-state index contributed by atoms with van der Waals surface area (Å²) in [6.45, 7) is 0.438. The summed E-state index contributed by atoms with van der Waals surface area (Å²) in [6.07, 6.45) is 1.75. The minimum atomic E-state index is -1.65. The van der Waals surface area contributed by atoms with E-state index in [1.165, 1.54) is 37.6 Å². The Morgan fingerprint density at radius 2 is 1.91 bits per heavy atom. The van der Waals surface area contributed by atoms with Crippen molar-refractivity contribution in [1.82, 2.24) is 10.2 Å². The van der Waals surface area contributed by atoms with Gasteiger partial charge in [-0.15, -0.1) is 11.8 Å². The van der Waals surface area contributed by atoms with E-state index in [0.29, 0.717) is 11.1 Å². The standard InChI is InChI=1S/C22H23BrN2O8S2/c1-12(26)32-8-14-10-35-21-22(31-2,24-17(28)11-34-3)20(30)25(21)18(14)19(29)33-9-16(27)13-4-6-15(23)7-5-13/h4-7,21H,8-11H2,1-3H3,(H,24,28)/t21-,22-/m0/s1. The number of esters is 2. The van der Waals surface area contributed by atoms with E-state index in [2.05, 4.69) is 21.2 Å². The highest BCUT2D eigenvalue weighted by molar-refractivity contribution is 9.10.